The molecule has 0 aliphatic heterocycles. The molecule has 0 saturated carbocycles. The van der Waals surface area contributed by atoms with Crippen LogP contribution in [-0.2, 0) is 40.1 Å². The number of para-hydroxylation sites is 1. The van der Waals surface area contributed by atoms with Crippen LogP contribution in [0.1, 0.15) is 80.8 Å². The van der Waals surface area contributed by atoms with Crippen molar-refractivity contribution in [2.75, 3.05) is 10.6 Å². The molecule has 0 aliphatic carbocycles. The average Bonchev–Trinajstić information content (AvgIpc) is 3.76. The number of carbonyl (C=O) groups excluding carboxylic acids is 2. The highest BCUT2D eigenvalue weighted by Crippen LogP contribution is 2.33. The largest absolute Gasteiger partial charge is 0.359 e. The first-order valence-electron chi connectivity index (χ1n) is 16.6. The Morgan fingerprint density at radius 3 is 1.63 bits per heavy atom. The molecule has 3 heterocycles. The van der Waals surface area contributed by atoms with E-state index >= 15 is 0 Å². The molecule has 0 unspecified atom stereocenters. The summed E-state index contributed by atoms with van der Waals surface area (Å²) >= 11 is 5.66. The number of halogens is 2. The fourth-order valence-corrected chi connectivity index (χ4v) is 7.84. The minimum absolute atomic E-state index is 0.0151. The van der Waals surface area contributed by atoms with Gasteiger partial charge in [0.05, 0.1) is 20.3 Å². The molecule has 3 aromatic heterocycles. The molecule has 5 aromatic rings. The van der Waals surface area contributed by atoms with Crippen molar-refractivity contribution in [3.05, 3.63) is 89.2 Å². The summed E-state index contributed by atoms with van der Waals surface area (Å²) < 4.78 is 72.4. The van der Waals surface area contributed by atoms with E-state index in [0.717, 1.165) is 18.2 Å². The predicted octanol–water partition coefficient (Wildman–Crippen LogP) is 7.67. The molecule has 2 amide bonds. The second-order valence-electron chi connectivity index (χ2n) is 15.5. The first-order valence-corrected chi connectivity index (χ1v) is 19.9. The average molecular weight is 804 g/mol. The van der Waals surface area contributed by atoms with E-state index in [1.54, 1.807) is 30.3 Å². The fraction of sp³-hybridized carbons (Fsp3) is 0.378. The summed E-state index contributed by atoms with van der Waals surface area (Å²) in [7, 11) is -8.18. The highest BCUT2D eigenvalue weighted by atomic mass is 35.5. The summed E-state index contributed by atoms with van der Waals surface area (Å²) in [4.78, 5) is 29.4. The molecule has 2 aromatic carbocycles. The Kier molecular flexibility index (Phi) is 11.6. The Morgan fingerprint density at radius 1 is 0.685 bits per heavy atom. The molecule has 0 fully saturated rings. The maximum Gasteiger partial charge on any atom is 0.246 e. The van der Waals surface area contributed by atoms with Crippen molar-refractivity contribution in [1.82, 2.24) is 15.3 Å². The topological polar surface area (TPSA) is 191 Å². The number of nitrogens with one attached hydrogen (secondary N) is 2. The van der Waals surface area contributed by atoms with Crippen molar-refractivity contribution in [3.8, 4) is 0 Å². The molecular weight excluding hydrogens is 761 g/mol. The predicted molar refractivity (Wildman–Crippen MR) is 203 cm³/mol. The molecule has 2 N–H and O–H groups in total. The van der Waals surface area contributed by atoms with E-state index in [-0.39, 0.29) is 37.3 Å². The summed E-state index contributed by atoms with van der Waals surface area (Å²) in [5, 5.41) is 12.9. The molecule has 5 rings (SSSR count). The lowest BCUT2D eigenvalue weighted by atomic mass is 9.93. The molecule has 0 spiro atoms. The van der Waals surface area contributed by atoms with E-state index in [9.17, 15) is 30.8 Å². The highest BCUT2D eigenvalue weighted by Gasteiger charge is 2.45. The number of fused-ring (bicyclic) bond motifs is 1. The van der Waals surface area contributed by atoms with Gasteiger partial charge in [0.25, 0.3) is 0 Å². The van der Waals surface area contributed by atoms with Crippen LogP contribution in [0.4, 0.5) is 16.0 Å². The van der Waals surface area contributed by atoms with E-state index in [1.165, 1.54) is 46.0 Å². The van der Waals surface area contributed by atoms with E-state index < -0.39 is 46.8 Å². The van der Waals surface area contributed by atoms with Crippen molar-refractivity contribution in [2.24, 2.45) is 0 Å². The van der Waals surface area contributed by atoms with Gasteiger partial charge in [-0.2, -0.15) is 0 Å². The third-order valence-electron chi connectivity index (χ3n) is 8.51. The molecule has 17 heteroatoms. The second kappa shape index (κ2) is 14.9. The smallest absolute Gasteiger partial charge is 0.246 e. The molecule has 54 heavy (non-hydrogen) atoms. The number of carbonyl (C=O) groups is 2. The number of pyridine rings is 1. The van der Waals surface area contributed by atoms with Gasteiger partial charge in [-0.3, -0.25) is 14.6 Å². The van der Waals surface area contributed by atoms with Crippen LogP contribution in [0.15, 0.2) is 85.7 Å². The van der Waals surface area contributed by atoms with Crippen molar-refractivity contribution in [1.29, 1.82) is 0 Å². The molecule has 0 saturated heterocycles. The minimum atomic E-state index is -4.14. The Bertz CT molecular complexity index is 2420. The Labute approximate surface area is 318 Å². The van der Waals surface area contributed by atoms with E-state index in [2.05, 4.69) is 25.9 Å². The van der Waals surface area contributed by atoms with E-state index in [0.29, 0.717) is 22.4 Å². The summed E-state index contributed by atoms with van der Waals surface area (Å²) in [6.07, 6.45) is 1.53. The number of nitrogens with zero attached hydrogens (tertiary/aromatic N) is 3. The number of aromatic nitrogens is 3. The van der Waals surface area contributed by atoms with E-state index in [1.807, 2.05) is 41.5 Å². The number of benzene rings is 2. The molecule has 0 radical (unpaired) electrons. The van der Waals surface area contributed by atoms with Crippen LogP contribution >= 0.6 is 11.6 Å². The zero-order valence-electron chi connectivity index (χ0n) is 31.5. The van der Waals surface area contributed by atoms with Gasteiger partial charge < -0.3 is 19.7 Å². The van der Waals surface area contributed by atoms with Gasteiger partial charge in [-0.1, -0.05) is 81.7 Å². The van der Waals surface area contributed by atoms with Gasteiger partial charge in [-0.25, -0.2) is 21.2 Å². The van der Waals surface area contributed by atoms with Gasteiger partial charge in [0.15, 0.2) is 31.3 Å². The zero-order chi connectivity index (χ0) is 40.7. The normalized spacial score (nSPS) is 12.9. The zero-order valence-corrected chi connectivity index (χ0v) is 33.9. The van der Waals surface area contributed by atoms with Crippen LogP contribution in [-0.4, -0.2) is 53.4 Å². The molecular formula is C37H43ClFN5O8S2. The van der Waals surface area contributed by atoms with Crippen LogP contribution in [0.25, 0.3) is 10.9 Å². The molecule has 0 bridgehead atoms. The van der Waals surface area contributed by atoms with E-state index in [4.69, 9.17) is 20.6 Å². The molecule has 0 aliphatic rings. The number of sulfone groups is 2. The fourth-order valence-electron chi connectivity index (χ4n) is 4.66. The lowest BCUT2D eigenvalue weighted by Crippen LogP contribution is -2.44. The summed E-state index contributed by atoms with van der Waals surface area (Å²) in [6.45, 7) is 16.8. The van der Waals surface area contributed by atoms with Gasteiger partial charge in [0.2, 0.25) is 11.8 Å². The van der Waals surface area contributed by atoms with Crippen molar-refractivity contribution in [2.45, 2.75) is 99.4 Å². The summed E-state index contributed by atoms with van der Waals surface area (Å²) in [5.41, 5.74) is -0.267. The third-order valence-corrected chi connectivity index (χ3v) is 13.6. The molecule has 0 atom stereocenters. The number of amides is 2. The van der Waals surface area contributed by atoms with Crippen LogP contribution in [0.2, 0.25) is 5.02 Å². The first kappa shape index (κ1) is 42.1. The van der Waals surface area contributed by atoms with Crippen LogP contribution in [0.3, 0.4) is 0 Å². The second-order valence-corrected chi connectivity index (χ2v) is 20.9. The summed E-state index contributed by atoms with van der Waals surface area (Å²) in [6, 6.07) is 14.5. The lowest BCUT2D eigenvalue weighted by Gasteiger charge is -2.23. The van der Waals surface area contributed by atoms with Crippen LogP contribution < -0.4 is 10.6 Å². The molecule has 290 valence electrons. The number of rotatable bonds is 8. The maximum absolute atomic E-state index is 13.3. The van der Waals surface area contributed by atoms with Crippen molar-refractivity contribution in [3.63, 3.8) is 0 Å². The number of hydrogen-bond acceptors (Lipinski definition) is 11. The quantitative estimate of drug-likeness (QED) is 0.146. The first-order chi connectivity index (χ1) is 24.7. The van der Waals surface area contributed by atoms with Crippen LogP contribution in [0.5, 0.6) is 0 Å². The summed E-state index contributed by atoms with van der Waals surface area (Å²) in [5.74, 6) is -0.832. The monoisotopic (exact) mass is 803 g/mol. The third kappa shape index (κ3) is 8.50. The standard InChI is InChI=1S/C20H23N3O4S.C17H20ClFN2O4S/c1-19(2,3)15-12-16(23-27-15)22-18(24)20(4,5)28(25,26)14-10-6-8-13-9-7-11-21-17(13)14;1-16(2,3)13-9-14(21-25-13)20-15(22)17(4,5)26(23,24)10-6-7-12(19)11(18)8-10/h6-12H,1-5H3,(H,22,23,24);6-9H,1-5H3,(H,20,21,22). The van der Waals surface area contributed by atoms with Gasteiger partial charge >= 0.3 is 0 Å². The lowest BCUT2D eigenvalue weighted by molar-refractivity contribution is -0.118. The van der Waals surface area contributed by atoms with Crippen molar-refractivity contribution < 1.29 is 39.9 Å². The molecule has 13 nitrogen and oxygen atoms in total. The minimum Gasteiger partial charge on any atom is -0.359 e. The number of anilines is 2. The number of hydrogen-bond donors (Lipinski definition) is 2. The van der Waals surface area contributed by atoms with Gasteiger partial charge in [-0.05, 0) is 58.0 Å². The SMILES string of the molecule is CC(C)(C)c1cc(NC(=O)C(C)(C)S(=O)(=O)c2ccc(F)c(Cl)c2)no1.CC(C)(C)c1cc(NC(=O)C(C)(C)S(=O)(=O)c2cccc3cccnc23)no1. The van der Waals surface area contributed by atoms with Gasteiger partial charge in [0, 0.05) is 34.5 Å². The van der Waals surface area contributed by atoms with Gasteiger partial charge in [0.1, 0.15) is 26.8 Å². The Hall–Kier alpha value is -4.67. The Morgan fingerprint density at radius 2 is 1.17 bits per heavy atom. The van der Waals surface area contributed by atoms with Crippen LogP contribution in [0, 0.1) is 5.82 Å². The van der Waals surface area contributed by atoms with Gasteiger partial charge in [-0.15, -0.1) is 0 Å². The Balaban J connectivity index is 0.000000241. The maximum atomic E-state index is 13.3. The highest BCUT2D eigenvalue weighted by molar-refractivity contribution is 7.94. The van der Waals surface area contributed by atoms with Crippen molar-refractivity contribution >= 4 is 65.6 Å².